The van der Waals surface area contributed by atoms with Gasteiger partial charge in [-0.1, -0.05) is 35.0 Å². The van der Waals surface area contributed by atoms with Gasteiger partial charge in [0.15, 0.2) is 0 Å². The van der Waals surface area contributed by atoms with Crippen molar-refractivity contribution in [3.63, 3.8) is 0 Å². The third-order valence-electron chi connectivity index (χ3n) is 3.17. The Kier molecular flexibility index (Phi) is 5.49. The van der Waals surface area contributed by atoms with Crippen LogP contribution < -0.4 is 10.1 Å². The van der Waals surface area contributed by atoms with Crippen molar-refractivity contribution in [1.82, 2.24) is 0 Å². The van der Waals surface area contributed by atoms with E-state index in [-0.39, 0.29) is 0 Å². The largest absolute Gasteiger partial charge is 0.496 e. The topological polar surface area (TPSA) is 21.3 Å². The molecule has 1 unspecified atom stereocenters. The molecule has 0 spiro atoms. The molecule has 0 aliphatic rings. The number of nitrogens with one attached hydrogen (secondary N) is 1. The fraction of sp³-hybridized carbons (Fsp3) is 0.250. The first-order valence-corrected chi connectivity index (χ1v) is 8.08. The van der Waals surface area contributed by atoms with E-state index in [1.165, 1.54) is 5.56 Å². The second kappa shape index (κ2) is 7.14. The molecule has 106 valence electrons. The monoisotopic (exact) mass is 397 g/mol. The van der Waals surface area contributed by atoms with Crippen LogP contribution in [0.5, 0.6) is 5.75 Å². The summed E-state index contributed by atoms with van der Waals surface area (Å²) in [5.41, 5.74) is 2.36. The molecule has 2 aromatic rings. The highest BCUT2D eigenvalue weighted by Crippen LogP contribution is 2.30. The lowest BCUT2D eigenvalue weighted by Gasteiger charge is -2.19. The van der Waals surface area contributed by atoms with Crippen molar-refractivity contribution in [2.45, 2.75) is 19.4 Å². The second-order valence-electron chi connectivity index (χ2n) is 4.51. The van der Waals surface area contributed by atoms with Gasteiger partial charge in [0.2, 0.25) is 0 Å². The Labute approximate surface area is 136 Å². The van der Waals surface area contributed by atoms with E-state index in [0.717, 1.165) is 26.8 Å². The number of halogens is 2. The fourth-order valence-electron chi connectivity index (χ4n) is 2.07. The van der Waals surface area contributed by atoms with Gasteiger partial charge < -0.3 is 10.1 Å². The first kappa shape index (κ1) is 15.4. The summed E-state index contributed by atoms with van der Waals surface area (Å²) >= 11 is 6.98. The summed E-state index contributed by atoms with van der Waals surface area (Å²) in [4.78, 5) is 0. The van der Waals surface area contributed by atoms with Crippen LogP contribution in [0.4, 0.5) is 5.69 Å². The molecule has 2 aromatic carbocycles. The van der Waals surface area contributed by atoms with Gasteiger partial charge in [-0.15, -0.1) is 0 Å². The van der Waals surface area contributed by atoms with Crippen LogP contribution in [0.2, 0.25) is 0 Å². The molecular formula is C16H17Br2NO. The molecule has 2 nitrogen and oxygen atoms in total. The summed E-state index contributed by atoms with van der Waals surface area (Å²) in [6.45, 7) is 2.18. The second-order valence-corrected chi connectivity index (χ2v) is 6.28. The minimum absolute atomic E-state index is 0.295. The molecule has 0 aliphatic carbocycles. The Morgan fingerprint density at radius 1 is 1.10 bits per heavy atom. The minimum Gasteiger partial charge on any atom is -0.496 e. The van der Waals surface area contributed by atoms with E-state index in [2.05, 4.69) is 68.4 Å². The van der Waals surface area contributed by atoms with Crippen LogP contribution in [0.3, 0.4) is 0 Å². The van der Waals surface area contributed by atoms with Crippen molar-refractivity contribution in [3.05, 3.63) is 57.0 Å². The van der Waals surface area contributed by atoms with Gasteiger partial charge in [0.05, 0.1) is 17.6 Å². The maximum atomic E-state index is 5.25. The highest BCUT2D eigenvalue weighted by atomic mass is 79.9. The van der Waals surface area contributed by atoms with Gasteiger partial charge in [-0.05, 0) is 58.2 Å². The summed E-state index contributed by atoms with van der Waals surface area (Å²) in [5.74, 6) is 0.840. The summed E-state index contributed by atoms with van der Waals surface area (Å²) < 4.78 is 7.30. The molecule has 0 bridgehead atoms. The first-order valence-electron chi connectivity index (χ1n) is 6.49. The number of benzene rings is 2. The Bertz CT molecular complexity index is 569. The van der Waals surface area contributed by atoms with Gasteiger partial charge in [0.1, 0.15) is 5.75 Å². The molecule has 0 amide bonds. The minimum atomic E-state index is 0.295. The van der Waals surface area contributed by atoms with Gasteiger partial charge in [-0.25, -0.2) is 0 Å². The van der Waals surface area contributed by atoms with Gasteiger partial charge in [0.25, 0.3) is 0 Å². The molecule has 1 atom stereocenters. The van der Waals surface area contributed by atoms with Crippen molar-refractivity contribution < 1.29 is 4.74 Å². The molecule has 1 N–H and O–H groups in total. The highest BCUT2D eigenvalue weighted by Gasteiger charge is 2.10. The maximum Gasteiger partial charge on any atom is 0.133 e. The smallest absolute Gasteiger partial charge is 0.133 e. The Balaban J connectivity index is 2.17. The summed E-state index contributed by atoms with van der Waals surface area (Å²) in [6, 6.07) is 14.8. The van der Waals surface area contributed by atoms with Gasteiger partial charge in [0, 0.05) is 10.2 Å². The van der Waals surface area contributed by atoms with Crippen LogP contribution in [-0.4, -0.2) is 7.11 Å². The van der Waals surface area contributed by atoms with E-state index in [1.54, 1.807) is 7.11 Å². The third-order valence-corrected chi connectivity index (χ3v) is 4.32. The predicted molar refractivity (Wildman–Crippen MR) is 91.5 cm³/mol. The summed E-state index contributed by atoms with van der Waals surface area (Å²) in [7, 11) is 1.67. The molecule has 4 heteroatoms. The summed E-state index contributed by atoms with van der Waals surface area (Å²) in [5, 5.41) is 3.56. The van der Waals surface area contributed by atoms with Gasteiger partial charge in [-0.3, -0.25) is 0 Å². The molecule has 0 heterocycles. The van der Waals surface area contributed by atoms with Crippen LogP contribution in [-0.2, 0) is 0 Å². The first-order chi connectivity index (χ1) is 9.63. The van der Waals surface area contributed by atoms with Crippen LogP contribution >= 0.6 is 31.9 Å². The van der Waals surface area contributed by atoms with Crippen molar-refractivity contribution in [1.29, 1.82) is 0 Å². The number of hydrogen-bond donors (Lipinski definition) is 1. The molecule has 2 rings (SSSR count). The lowest BCUT2D eigenvalue weighted by atomic mass is 10.0. The molecule has 0 saturated carbocycles. The number of ether oxygens (including phenoxy) is 1. The van der Waals surface area contributed by atoms with E-state index in [4.69, 9.17) is 4.74 Å². The fourth-order valence-corrected chi connectivity index (χ4v) is 2.88. The van der Waals surface area contributed by atoms with Crippen LogP contribution in [0.15, 0.2) is 51.4 Å². The molecule has 20 heavy (non-hydrogen) atoms. The predicted octanol–water partition coefficient (Wildman–Crippen LogP) is 5.78. The molecule has 0 aliphatic heterocycles. The average molecular weight is 399 g/mol. The number of anilines is 1. The molecule has 0 aromatic heterocycles. The van der Waals surface area contributed by atoms with E-state index < -0.39 is 0 Å². The zero-order chi connectivity index (χ0) is 14.5. The Morgan fingerprint density at radius 3 is 2.35 bits per heavy atom. The van der Waals surface area contributed by atoms with E-state index in [9.17, 15) is 0 Å². The van der Waals surface area contributed by atoms with Crippen molar-refractivity contribution >= 4 is 37.5 Å². The van der Waals surface area contributed by atoms with Crippen molar-refractivity contribution in [2.75, 3.05) is 12.4 Å². The van der Waals surface area contributed by atoms with E-state index in [0.29, 0.717) is 6.04 Å². The highest BCUT2D eigenvalue weighted by molar-refractivity contribution is 9.10. The maximum absolute atomic E-state index is 5.25. The Hall–Kier alpha value is -1.00. The quantitative estimate of drug-likeness (QED) is 0.688. The zero-order valence-corrected chi connectivity index (χ0v) is 14.7. The van der Waals surface area contributed by atoms with Crippen molar-refractivity contribution in [2.24, 2.45) is 0 Å². The van der Waals surface area contributed by atoms with Gasteiger partial charge in [-0.2, -0.15) is 0 Å². The molecule has 0 fully saturated rings. The number of methoxy groups -OCH3 is 1. The molecule has 0 saturated heterocycles. The SMILES string of the molecule is CCC(Nc1ccc(OC)c(Br)c1)c1ccc(Br)cc1. The normalized spacial score (nSPS) is 12.0. The standard InChI is InChI=1S/C16H17Br2NO/c1-3-15(11-4-6-12(17)7-5-11)19-13-8-9-16(20-2)14(18)10-13/h4-10,15,19H,3H2,1-2H3. The van der Waals surface area contributed by atoms with E-state index in [1.807, 2.05) is 18.2 Å². The van der Waals surface area contributed by atoms with Crippen molar-refractivity contribution in [3.8, 4) is 5.75 Å². The lowest BCUT2D eigenvalue weighted by molar-refractivity contribution is 0.412. The Morgan fingerprint density at radius 2 is 1.80 bits per heavy atom. The van der Waals surface area contributed by atoms with Crippen LogP contribution in [0.25, 0.3) is 0 Å². The third kappa shape index (κ3) is 3.76. The van der Waals surface area contributed by atoms with Crippen LogP contribution in [0.1, 0.15) is 24.9 Å². The zero-order valence-electron chi connectivity index (χ0n) is 11.5. The van der Waals surface area contributed by atoms with E-state index >= 15 is 0 Å². The lowest BCUT2D eigenvalue weighted by Crippen LogP contribution is -2.09. The summed E-state index contributed by atoms with van der Waals surface area (Å²) in [6.07, 6.45) is 1.02. The molecular weight excluding hydrogens is 382 g/mol. The van der Waals surface area contributed by atoms with Crippen LogP contribution in [0, 0.1) is 0 Å². The average Bonchev–Trinajstić information content (AvgIpc) is 2.46. The number of rotatable bonds is 5. The molecule has 0 radical (unpaired) electrons. The number of hydrogen-bond acceptors (Lipinski definition) is 2. The van der Waals surface area contributed by atoms with Gasteiger partial charge >= 0.3 is 0 Å².